The number of nitrogens with zero attached hydrogens (tertiary/aromatic N) is 1. The van der Waals surface area contributed by atoms with Crippen LogP contribution in [0.3, 0.4) is 0 Å². The van der Waals surface area contributed by atoms with Crippen LogP contribution in [0.4, 0.5) is 11.4 Å². The van der Waals surface area contributed by atoms with E-state index >= 15 is 0 Å². The number of nitrogens with two attached hydrogens (primary N) is 1. The first-order valence-electron chi connectivity index (χ1n) is 5.49. The van der Waals surface area contributed by atoms with E-state index in [1.807, 2.05) is 13.0 Å². The first-order chi connectivity index (χ1) is 7.59. The molecule has 1 heterocycles. The molecule has 2 N–H and O–H groups in total. The third-order valence-electron chi connectivity index (χ3n) is 3.01. The normalized spacial score (nSPS) is 21.2. The Labute approximate surface area is 105 Å². The van der Waals surface area contributed by atoms with Crippen molar-refractivity contribution in [2.45, 2.75) is 19.9 Å². The molecule has 2 rings (SSSR count). The maximum Gasteiger partial charge on any atom is 0.0668 e. The summed E-state index contributed by atoms with van der Waals surface area (Å²) in [6.07, 6.45) is 0. The van der Waals surface area contributed by atoms with Gasteiger partial charge in [0.1, 0.15) is 0 Å². The average Bonchev–Trinajstić information content (AvgIpc) is 2.25. The first kappa shape index (κ1) is 11.7. The molecule has 88 valence electrons. The van der Waals surface area contributed by atoms with E-state index in [0.29, 0.717) is 6.04 Å². The Bertz CT molecular complexity index is 395. The van der Waals surface area contributed by atoms with Crippen LogP contribution in [0.25, 0.3) is 0 Å². The van der Waals surface area contributed by atoms with E-state index < -0.39 is 0 Å². The Morgan fingerprint density at radius 2 is 2.25 bits per heavy atom. The maximum atomic E-state index is 5.88. The molecule has 1 aromatic carbocycles. The molecule has 0 amide bonds. The quantitative estimate of drug-likeness (QED) is 0.806. The summed E-state index contributed by atoms with van der Waals surface area (Å²) in [7, 11) is 0. The predicted octanol–water partition coefficient (Wildman–Crippen LogP) is 2.56. The van der Waals surface area contributed by atoms with Crippen LogP contribution >= 0.6 is 15.9 Å². The SMILES string of the molecule is Cc1cc(N2CCOCC2C)c(Br)cc1N. The molecule has 1 aliphatic heterocycles. The van der Waals surface area contributed by atoms with E-state index in [1.54, 1.807) is 0 Å². The van der Waals surface area contributed by atoms with E-state index in [9.17, 15) is 0 Å². The van der Waals surface area contributed by atoms with Gasteiger partial charge in [0, 0.05) is 22.7 Å². The van der Waals surface area contributed by atoms with Crippen molar-refractivity contribution in [1.82, 2.24) is 0 Å². The van der Waals surface area contributed by atoms with E-state index in [4.69, 9.17) is 10.5 Å². The summed E-state index contributed by atoms with van der Waals surface area (Å²) in [6, 6.07) is 4.53. The van der Waals surface area contributed by atoms with Gasteiger partial charge in [0.05, 0.1) is 18.9 Å². The lowest BCUT2D eigenvalue weighted by Gasteiger charge is -2.36. The van der Waals surface area contributed by atoms with Gasteiger partial charge in [-0.25, -0.2) is 0 Å². The summed E-state index contributed by atoms with van der Waals surface area (Å²) >= 11 is 3.58. The van der Waals surface area contributed by atoms with Gasteiger partial charge in [-0.1, -0.05) is 0 Å². The highest BCUT2D eigenvalue weighted by Gasteiger charge is 2.21. The summed E-state index contributed by atoms with van der Waals surface area (Å²) in [4.78, 5) is 2.36. The summed E-state index contributed by atoms with van der Waals surface area (Å²) in [5.74, 6) is 0. The third-order valence-corrected chi connectivity index (χ3v) is 3.65. The van der Waals surface area contributed by atoms with Gasteiger partial charge < -0.3 is 15.4 Å². The second-order valence-electron chi connectivity index (χ2n) is 4.28. The van der Waals surface area contributed by atoms with Crippen LogP contribution in [0, 0.1) is 6.92 Å². The van der Waals surface area contributed by atoms with Crippen molar-refractivity contribution in [3.05, 3.63) is 22.2 Å². The number of anilines is 2. The number of rotatable bonds is 1. The van der Waals surface area contributed by atoms with Crippen molar-refractivity contribution in [2.24, 2.45) is 0 Å². The van der Waals surface area contributed by atoms with Crippen molar-refractivity contribution in [2.75, 3.05) is 30.4 Å². The zero-order valence-electron chi connectivity index (χ0n) is 9.66. The summed E-state index contributed by atoms with van der Waals surface area (Å²) in [5, 5.41) is 0. The topological polar surface area (TPSA) is 38.5 Å². The molecule has 0 radical (unpaired) electrons. The number of aryl methyl sites for hydroxylation is 1. The maximum absolute atomic E-state index is 5.88. The Morgan fingerprint density at radius 3 is 2.94 bits per heavy atom. The lowest BCUT2D eigenvalue weighted by molar-refractivity contribution is 0.0989. The van der Waals surface area contributed by atoms with E-state index in [1.165, 1.54) is 5.69 Å². The molecule has 3 nitrogen and oxygen atoms in total. The van der Waals surface area contributed by atoms with Crippen LogP contribution < -0.4 is 10.6 Å². The molecule has 0 bridgehead atoms. The first-order valence-corrected chi connectivity index (χ1v) is 6.29. The average molecular weight is 285 g/mol. The highest BCUT2D eigenvalue weighted by atomic mass is 79.9. The molecule has 1 aliphatic rings. The number of halogens is 1. The number of nitrogen functional groups attached to an aromatic ring is 1. The smallest absolute Gasteiger partial charge is 0.0668 e. The van der Waals surface area contributed by atoms with Crippen LogP contribution in [-0.2, 0) is 4.74 Å². The molecule has 0 aliphatic carbocycles. The van der Waals surface area contributed by atoms with E-state index in [-0.39, 0.29) is 0 Å². The fourth-order valence-corrected chi connectivity index (χ4v) is 2.58. The minimum absolute atomic E-state index is 0.410. The van der Waals surface area contributed by atoms with E-state index in [2.05, 4.69) is 33.8 Å². The molecule has 0 spiro atoms. The van der Waals surface area contributed by atoms with Crippen molar-refractivity contribution >= 4 is 27.3 Å². The molecular weight excluding hydrogens is 268 g/mol. The zero-order valence-corrected chi connectivity index (χ0v) is 11.3. The molecule has 1 unspecified atom stereocenters. The van der Waals surface area contributed by atoms with Gasteiger partial charge >= 0.3 is 0 Å². The molecule has 1 saturated heterocycles. The van der Waals surface area contributed by atoms with Crippen LogP contribution in [-0.4, -0.2) is 25.8 Å². The monoisotopic (exact) mass is 284 g/mol. The van der Waals surface area contributed by atoms with Crippen molar-refractivity contribution in [3.63, 3.8) is 0 Å². The fraction of sp³-hybridized carbons (Fsp3) is 0.500. The Morgan fingerprint density at radius 1 is 1.50 bits per heavy atom. The lowest BCUT2D eigenvalue weighted by atomic mass is 10.1. The Balaban J connectivity index is 2.35. The minimum Gasteiger partial charge on any atom is -0.398 e. The van der Waals surface area contributed by atoms with Gasteiger partial charge in [-0.2, -0.15) is 0 Å². The zero-order chi connectivity index (χ0) is 11.7. The van der Waals surface area contributed by atoms with Crippen molar-refractivity contribution in [1.29, 1.82) is 0 Å². The highest BCUT2D eigenvalue weighted by Crippen LogP contribution is 2.32. The number of hydrogen-bond donors (Lipinski definition) is 1. The Hall–Kier alpha value is -0.740. The lowest BCUT2D eigenvalue weighted by Crippen LogP contribution is -2.43. The van der Waals surface area contributed by atoms with E-state index in [0.717, 1.165) is 35.5 Å². The van der Waals surface area contributed by atoms with Crippen LogP contribution in [0.1, 0.15) is 12.5 Å². The predicted molar refractivity (Wildman–Crippen MR) is 70.9 cm³/mol. The van der Waals surface area contributed by atoms with Gasteiger partial charge in [0.25, 0.3) is 0 Å². The van der Waals surface area contributed by atoms with Gasteiger partial charge in [0.15, 0.2) is 0 Å². The largest absolute Gasteiger partial charge is 0.398 e. The molecule has 0 aromatic heterocycles. The summed E-state index contributed by atoms with van der Waals surface area (Å²) < 4.78 is 6.51. The molecular formula is C12H17BrN2O. The molecule has 16 heavy (non-hydrogen) atoms. The molecule has 1 fully saturated rings. The summed E-state index contributed by atoms with van der Waals surface area (Å²) in [5.41, 5.74) is 9.04. The molecule has 1 aromatic rings. The fourth-order valence-electron chi connectivity index (χ4n) is 1.99. The van der Waals surface area contributed by atoms with Gasteiger partial charge in [-0.15, -0.1) is 0 Å². The second kappa shape index (κ2) is 4.63. The molecule has 4 heteroatoms. The van der Waals surface area contributed by atoms with Gasteiger partial charge in [-0.05, 0) is 47.5 Å². The number of ether oxygens (including phenoxy) is 1. The minimum atomic E-state index is 0.410. The van der Waals surface area contributed by atoms with Crippen molar-refractivity contribution in [3.8, 4) is 0 Å². The third kappa shape index (κ3) is 2.18. The Kier molecular flexibility index (Phi) is 3.40. The van der Waals surface area contributed by atoms with Crippen LogP contribution in [0.15, 0.2) is 16.6 Å². The number of morpholine rings is 1. The van der Waals surface area contributed by atoms with Gasteiger partial charge in [0.2, 0.25) is 0 Å². The molecule has 0 saturated carbocycles. The summed E-state index contributed by atoms with van der Waals surface area (Å²) in [6.45, 7) is 6.73. The highest BCUT2D eigenvalue weighted by molar-refractivity contribution is 9.10. The van der Waals surface area contributed by atoms with Crippen molar-refractivity contribution < 1.29 is 4.74 Å². The van der Waals surface area contributed by atoms with Gasteiger partial charge in [-0.3, -0.25) is 0 Å². The molecule has 1 atom stereocenters. The number of hydrogen-bond acceptors (Lipinski definition) is 3. The second-order valence-corrected chi connectivity index (χ2v) is 5.13. The van der Waals surface area contributed by atoms with Crippen LogP contribution in [0.2, 0.25) is 0 Å². The number of benzene rings is 1. The standard InChI is InChI=1S/C12H17BrN2O/c1-8-5-12(10(13)6-11(8)14)15-3-4-16-7-9(15)2/h5-6,9H,3-4,7,14H2,1-2H3. The van der Waals surface area contributed by atoms with Crippen LogP contribution in [0.5, 0.6) is 0 Å².